The van der Waals surface area contributed by atoms with Gasteiger partial charge in [0, 0.05) is 4.88 Å². The Morgan fingerprint density at radius 3 is 2.56 bits per heavy atom. The fraction of sp³-hybridized carbons (Fsp3) is 0.636. The van der Waals surface area contributed by atoms with E-state index in [0.717, 1.165) is 10.4 Å². The molecule has 104 valence electrons. The van der Waals surface area contributed by atoms with Gasteiger partial charge in [0.2, 0.25) is 0 Å². The van der Waals surface area contributed by atoms with Crippen molar-refractivity contribution in [1.29, 1.82) is 0 Å². The third-order valence-corrected chi connectivity index (χ3v) is 3.38. The topological polar surface area (TPSA) is 21.3 Å². The fourth-order valence-corrected chi connectivity index (χ4v) is 2.23. The van der Waals surface area contributed by atoms with Crippen LogP contribution in [0.4, 0.5) is 17.6 Å². The van der Waals surface area contributed by atoms with Gasteiger partial charge in [0.25, 0.3) is 0 Å². The Morgan fingerprint density at radius 2 is 2.11 bits per heavy atom. The standard InChI is InChI=1S/C11H15F4NOS/c1-7-8(3-4-18-7)9(16-2)5-17-6-11(14,15)10(12)13/h3-4,9-10,16H,5-6H2,1-2H3. The summed E-state index contributed by atoms with van der Waals surface area (Å²) in [6.07, 6.45) is -3.70. The number of halogens is 4. The molecule has 1 unspecified atom stereocenters. The van der Waals surface area contributed by atoms with Crippen molar-refractivity contribution in [3.63, 3.8) is 0 Å². The van der Waals surface area contributed by atoms with Crippen LogP contribution in [0, 0.1) is 6.92 Å². The van der Waals surface area contributed by atoms with Crippen molar-refractivity contribution in [3.05, 3.63) is 21.9 Å². The minimum atomic E-state index is -4.10. The third kappa shape index (κ3) is 3.93. The van der Waals surface area contributed by atoms with E-state index in [0.29, 0.717) is 0 Å². The van der Waals surface area contributed by atoms with Gasteiger partial charge in [-0.2, -0.15) is 8.78 Å². The number of nitrogens with one attached hydrogen (secondary N) is 1. The van der Waals surface area contributed by atoms with Gasteiger partial charge in [-0.05, 0) is 31.0 Å². The van der Waals surface area contributed by atoms with Crippen LogP contribution in [-0.4, -0.2) is 32.6 Å². The normalized spacial score (nSPS) is 14.2. The molecular formula is C11H15F4NOS. The summed E-state index contributed by atoms with van der Waals surface area (Å²) < 4.78 is 53.8. The maximum Gasteiger partial charge on any atom is 0.330 e. The van der Waals surface area contributed by atoms with Crippen LogP contribution in [0.3, 0.4) is 0 Å². The maximum absolute atomic E-state index is 12.6. The summed E-state index contributed by atoms with van der Waals surface area (Å²) in [5, 5.41) is 4.79. The van der Waals surface area contributed by atoms with Gasteiger partial charge in [0.05, 0.1) is 12.6 Å². The van der Waals surface area contributed by atoms with Crippen LogP contribution in [0.25, 0.3) is 0 Å². The zero-order valence-corrected chi connectivity index (χ0v) is 10.9. The molecule has 1 aromatic rings. The van der Waals surface area contributed by atoms with E-state index >= 15 is 0 Å². The third-order valence-electron chi connectivity index (χ3n) is 2.52. The van der Waals surface area contributed by atoms with Crippen molar-refractivity contribution in [2.75, 3.05) is 20.3 Å². The average Bonchev–Trinajstić information content (AvgIpc) is 2.71. The summed E-state index contributed by atoms with van der Waals surface area (Å²) in [7, 11) is 1.66. The highest BCUT2D eigenvalue weighted by Gasteiger charge is 2.41. The molecule has 0 radical (unpaired) electrons. The minimum absolute atomic E-state index is 0.0730. The highest BCUT2D eigenvalue weighted by atomic mass is 32.1. The number of likely N-dealkylation sites (N-methyl/N-ethyl adjacent to an activating group) is 1. The molecule has 1 rings (SSSR count). The molecule has 0 aliphatic heterocycles. The lowest BCUT2D eigenvalue weighted by molar-refractivity contribution is -0.167. The van der Waals surface area contributed by atoms with Gasteiger partial charge in [-0.15, -0.1) is 11.3 Å². The van der Waals surface area contributed by atoms with Gasteiger partial charge < -0.3 is 10.1 Å². The summed E-state index contributed by atoms with van der Waals surface area (Å²) in [6.45, 7) is 0.556. The van der Waals surface area contributed by atoms with Crippen molar-refractivity contribution in [2.24, 2.45) is 0 Å². The Bertz CT molecular complexity index is 370. The van der Waals surface area contributed by atoms with E-state index in [1.54, 1.807) is 7.05 Å². The monoisotopic (exact) mass is 285 g/mol. The number of alkyl halides is 4. The number of hydrogen-bond acceptors (Lipinski definition) is 3. The second-order valence-electron chi connectivity index (χ2n) is 3.85. The Hall–Kier alpha value is -0.660. The van der Waals surface area contributed by atoms with Crippen LogP contribution in [-0.2, 0) is 4.74 Å². The predicted molar refractivity (Wildman–Crippen MR) is 62.6 cm³/mol. The molecule has 0 bridgehead atoms. The Morgan fingerprint density at radius 1 is 1.44 bits per heavy atom. The first-order chi connectivity index (χ1) is 8.38. The smallest absolute Gasteiger partial charge is 0.330 e. The average molecular weight is 285 g/mol. The van der Waals surface area contributed by atoms with E-state index < -0.39 is 19.0 Å². The van der Waals surface area contributed by atoms with E-state index in [9.17, 15) is 17.6 Å². The lowest BCUT2D eigenvalue weighted by Crippen LogP contribution is -2.34. The molecule has 0 saturated heterocycles. The number of thiophene rings is 1. The van der Waals surface area contributed by atoms with Gasteiger partial charge in [-0.1, -0.05) is 0 Å². The molecule has 0 aromatic carbocycles. The predicted octanol–water partition coefficient (Wildman–Crippen LogP) is 3.23. The summed E-state index contributed by atoms with van der Waals surface area (Å²) in [5.41, 5.74) is 0.933. The quantitative estimate of drug-likeness (QED) is 0.777. The first-order valence-electron chi connectivity index (χ1n) is 5.33. The van der Waals surface area contributed by atoms with Crippen molar-refractivity contribution >= 4 is 11.3 Å². The number of ether oxygens (including phenoxy) is 1. The van der Waals surface area contributed by atoms with Crippen molar-refractivity contribution in [2.45, 2.75) is 25.3 Å². The molecule has 0 aliphatic rings. The van der Waals surface area contributed by atoms with E-state index in [4.69, 9.17) is 4.74 Å². The molecule has 2 nitrogen and oxygen atoms in total. The maximum atomic E-state index is 12.6. The van der Waals surface area contributed by atoms with Crippen LogP contribution in [0.2, 0.25) is 0 Å². The summed E-state index contributed by atoms with van der Waals surface area (Å²) in [4.78, 5) is 1.04. The molecule has 0 spiro atoms. The molecule has 1 aromatic heterocycles. The molecule has 1 heterocycles. The van der Waals surface area contributed by atoms with Gasteiger partial charge in [-0.3, -0.25) is 0 Å². The van der Waals surface area contributed by atoms with Gasteiger partial charge in [0.15, 0.2) is 0 Å². The highest BCUT2D eigenvalue weighted by Crippen LogP contribution is 2.25. The molecular weight excluding hydrogens is 270 g/mol. The summed E-state index contributed by atoms with van der Waals surface area (Å²) in [6, 6.07) is 1.58. The zero-order valence-electron chi connectivity index (χ0n) is 10.1. The van der Waals surface area contributed by atoms with Gasteiger partial charge >= 0.3 is 12.3 Å². The van der Waals surface area contributed by atoms with E-state index in [1.165, 1.54) is 11.3 Å². The Kier molecular flexibility index (Phi) is 5.55. The van der Waals surface area contributed by atoms with E-state index in [1.807, 2.05) is 18.4 Å². The molecule has 18 heavy (non-hydrogen) atoms. The van der Waals surface area contributed by atoms with Crippen molar-refractivity contribution in [3.8, 4) is 0 Å². The lowest BCUT2D eigenvalue weighted by atomic mass is 10.1. The van der Waals surface area contributed by atoms with Gasteiger partial charge in [0.1, 0.15) is 6.61 Å². The van der Waals surface area contributed by atoms with Crippen LogP contribution in [0.1, 0.15) is 16.5 Å². The minimum Gasteiger partial charge on any atom is -0.373 e. The zero-order chi connectivity index (χ0) is 13.8. The highest BCUT2D eigenvalue weighted by molar-refractivity contribution is 7.10. The van der Waals surface area contributed by atoms with E-state index in [-0.39, 0.29) is 12.6 Å². The van der Waals surface area contributed by atoms with E-state index in [2.05, 4.69) is 5.32 Å². The molecule has 0 aliphatic carbocycles. The summed E-state index contributed by atoms with van der Waals surface area (Å²) >= 11 is 1.53. The van der Waals surface area contributed by atoms with Crippen LogP contribution < -0.4 is 5.32 Å². The first kappa shape index (κ1) is 15.4. The fourth-order valence-electron chi connectivity index (χ4n) is 1.46. The van der Waals surface area contributed by atoms with Crippen LogP contribution in [0.5, 0.6) is 0 Å². The van der Waals surface area contributed by atoms with Crippen LogP contribution in [0.15, 0.2) is 11.4 Å². The first-order valence-corrected chi connectivity index (χ1v) is 6.21. The van der Waals surface area contributed by atoms with Crippen molar-refractivity contribution < 1.29 is 22.3 Å². The Balaban J connectivity index is 2.49. The molecule has 1 N–H and O–H groups in total. The second kappa shape index (κ2) is 6.49. The molecule has 1 atom stereocenters. The molecule has 0 saturated carbocycles. The number of rotatable bonds is 7. The summed E-state index contributed by atoms with van der Waals surface area (Å²) in [5.74, 6) is -4.10. The second-order valence-corrected chi connectivity index (χ2v) is 4.97. The van der Waals surface area contributed by atoms with Crippen molar-refractivity contribution in [1.82, 2.24) is 5.32 Å². The van der Waals surface area contributed by atoms with Gasteiger partial charge in [-0.25, -0.2) is 8.78 Å². The Labute approximate surface area is 107 Å². The largest absolute Gasteiger partial charge is 0.373 e. The number of aryl methyl sites for hydroxylation is 1. The SMILES string of the molecule is CNC(COCC(F)(F)C(F)F)c1ccsc1C. The molecule has 0 fully saturated rings. The molecule has 0 amide bonds. The lowest BCUT2D eigenvalue weighted by Gasteiger charge is -2.19. The van der Waals surface area contributed by atoms with Crippen LogP contribution >= 0.6 is 11.3 Å². The number of hydrogen-bond donors (Lipinski definition) is 1. The molecule has 7 heteroatoms.